The number of carbonyl (C=O) groups is 1. The molecule has 1 aliphatic carbocycles. The first-order valence-electron chi connectivity index (χ1n) is 12.2. The van der Waals surface area contributed by atoms with Gasteiger partial charge in [-0.05, 0) is 81.2 Å². The van der Waals surface area contributed by atoms with Crippen molar-refractivity contribution >= 4 is 42.6 Å². The Bertz CT molecular complexity index is 1310. The molecule has 1 saturated carbocycles. The summed E-state index contributed by atoms with van der Waals surface area (Å²) in [7, 11) is -1.93. The van der Waals surface area contributed by atoms with Crippen LogP contribution in [0.25, 0.3) is 10.2 Å². The minimum atomic E-state index is -3.55. The second-order valence-corrected chi connectivity index (χ2v) is 12.2. The third kappa shape index (κ3) is 5.43. The number of hydrogen-bond donors (Lipinski definition) is 0. The molecule has 4 rings (SSSR count). The maximum absolute atomic E-state index is 13.7. The summed E-state index contributed by atoms with van der Waals surface area (Å²) in [5, 5.41) is 0.663. The molecule has 0 bridgehead atoms. The van der Waals surface area contributed by atoms with E-state index >= 15 is 0 Å². The summed E-state index contributed by atoms with van der Waals surface area (Å²) in [5.41, 5.74) is 3.62. The molecule has 0 atom stereocenters. The molecule has 1 heterocycles. The average molecular weight is 515 g/mol. The van der Waals surface area contributed by atoms with E-state index in [0.29, 0.717) is 17.2 Å². The summed E-state index contributed by atoms with van der Waals surface area (Å²) in [6, 6.07) is 10.6. The molecule has 0 spiro atoms. The highest BCUT2D eigenvalue weighted by molar-refractivity contribution is 7.89. The first-order valence-corrected chi connectivity index (χ1v) is 14.4. The van der Waals surface area contributed by atoms with Gasteiger partial charge in [0.2, 0.25) is 10.0 Å². The van der Waals surface area contributed by atoms with Crippen molar-refractivity contribution in [2.24, 2.45) is 0 Å². The quantitative estimate of drug-likeness (QED) is 0.393. The number of aryl methyl sites for hydroxylation is 2. The number of benzene rings is 2. The molecule has 1 fully saturated rings. The zero-order valence-electron chi connectivity index (χ0n) is 21.1. The molecule has 1 aromatic heterocycles. The van der Waals surface area contributed by atoms with Gasteiger partial charge in [0, 0.05) is 31.7 Å². The first kappa shape index (κ1) is 25.8. The van der Waals surface area contributed by atoms with Crippen molar-refractivity contribution in [1.29, 1.82) is 0 Å². The Balaban J connectivity index is 1.65. The van der Waals surface area contributed by atoms with Crippen molar-refractivity contribution in [2.45, 2.75) is 51.5 Å². The second kappa shape index (κ2) is 10.3. The lowest BCUT2D eigenvalue weighted by molar-refractivity contribution is 0.0983. The Labute approximate surface area is 212 Å². The highest BCUT2D eigenvalue weighted by Crippen LogP contribution is 2.33. The summed E-state index contributed by atoms with van der Waals surface area (Å²) in [6.45, 7) is 11.3. The van der Waals surface area contributed by atoms with E-state index in [2.05, 4.69) is 37.8 Å². The zero-order valence-corrected chi connectivity index (χ0v) is 22.7. The molecule has 35 heavy (non-hydrogen) atoms. The normalized spacial score (nSPS) is 14.3. The fraction of sp³-hybridized carbons (Fsp3) is 0.462. The molecule has 3 aromatic rings. The van der Waals surface area contributed by atoms with Gasteiger partial charge in [0.05, 0.1) is 15.1 Å². The topological polar surface area (TPSA) is 73.8 Å². The SMILES string of the molecule is CCN(CC)CCN(C(=O)c1ccc(S(=O)(=O)N(C)C2CC2)cc1)c1nc2c(C)cc(C)cc2s1. The van der Waals surface area contributed by atoms with Crippen LogP contribution in [0.2, 0.25) is 0 Å². The predicted molar refractivity (Wildman–Crippen MR) is 143 cm³/mol. The van der Waals surface area contributed by atoms with Crippen molar-refractivity contribution in [3.8, 4) is 0 Å². The van der Waals surface area contributed by atoms with Gasteiger partial charge in [-0.15, -0.1) is 0 Å². The number of nitrogens with zero attached hydrogens (tertiary/aromatic N) is 4. The summed E-state index contributed by atoms with van der Waals surface area (Å²) >= 11 is 1.52. The molecular formula is C26H34N4O3S2. The molecule has 2 aromatic carbocycles. The van der Waals surface area contributed by atoms with Crippen LogP contribution in [0.15, 0.2) is 41.3 Å². The molecule has 0 aliphatic heterocycles. The number of hydrogen-bond acceptors (Lipinski definition) is 6. The van der Waals surface area contributed by atoms with Crippen molar-refractivity contribution in [1.82, 2.24) is 14.2 Å². The van der Waals surface area contributed by atoms with Crippen LogP contribution in [0.3, 0.4) is 0 Å². The lowest BCUT2D eigenvalue weighted by atomic mass is 10.1. The van der Waals surface area contributed by atoms with E-state index < -0.39 is 10.0 Å². The number of thiazole rings is 1. The van der Waals surface area contributed by atoms with Crippen LogP contribution in [0, 0.1) is 13.8 Å². The van der Waals surface area contributed by atoms with E-state index in [-0.39, 0.29) is 16.8 Å². The van der Waals surface area contributed by atoms with Gasteiger partial charge >= 0.3 is 0 Å². The number of anilines is 1. The maximum atomic E-state index is 13.7. The monoisotopic (exact) mass is 514 g/mol. The number of amides is 1. The van der Waals surface area contributed by atoms with Gasteiger partial charge in [-0.3, -0.25) is 9.69 Å². The smallest absolute Gasteiger partial charge is 0.260 e. The largest absolute Gasteiger partial charge is 0.302 e. The van der Waals surface area contributed by atoms with Crippen molar-refractivity contribution in [3.63, 3.8) is 0 Å². The van der Waals surface area contributed by atoms with Crippen LogP contribution < -0.4 is 4.90 Å². The van der Waals surface area contributed by atoms with E-state index in [1.54, 1.807) is 24.1 Å². The highest BCUT2D eigenvalue weighted by Gasteiger charge is 2.35. The van der Waals surface area contributed by atoms with Gasteiger partial charge in [-0.25, -0.2) is 13.4 Å². The molecule has 0 saturated heterocycles. The lowest BCUT2D eigenvalue weighted by Crippen LogP contribution is -2.39. The number of carbonyl (C=O) groups excluding carboxylic acids is 1. The molecule has 0 radical (unpaired) electrons. The Kier molecular flexibility index (Phi) is 7.61. The first-order chi connectivity index (χ1) is 16.6. The third-order valence-corrected chi connectivity index (χ3v) is 9.62. The molecule has 0 unspecified atom stereocenters. The van der Waals surface area contributed by atoms with Crippen molar-refractivity contribution < 1.29 is 13.2 Å². The minimum absolute atomic E-state index is 0.0861. The molecule has 7 nitrogen and oxygen atoms in total. The van der Waals surface area contributed by atoms with Crippen LogP contribution >= 0.6 is 11.3 Å². The molecule has 0 N–H and O–H groups in total. The van der Waals surface area contributed by atoms with Gasteiger partial charge in [0.1, 0.15) is 0 Å². The van der Waals surface area contributed by atoms with Gasteiger partial charge < -0.3 is 4.90 Å². The minimum Gasteiger partial charge on any atom is -0.302 e. The van der Waals surface area contributed by atoms with E-state index in [9.17, 15) is 13.2 Å². The number of fused-ring (bicyclic) bond motifs is 1. The number of sulfonamides is 1. The van der Waals surface area contributed by atoms with Gasteiger partial charge in [0.15, 0.2) is 5.13 Å². The number of rotatable bonds is 10. The standard InChI is InChI=1S/C26H34N4O3S2/c1-6-29(7-2)14-15-30(26-27-24-19(4)16-18(3)17-23(24)34-26)25(31)20-8-12-22(13-9-20)35(32,33)28(5)21-10-11-21/h8-9,12-13,16-17,21H,6-7,10-11,14-15H2,1-5H3. The zero-order chi connectivity index (χ0) is 25.3. The van der Waals surface area contributed by atoms with E-state index in [1.165, 1.54) is 33.3 Å². The van der Waals surface area contributed by atoms with Crippen LogP contribution in [0.4, 0.5) is 5.13 Å². The van der Waals surface area contributed by atoms with E-state index in [4.69, 9.17) is 4.98 Å². The second-order valence-electron chi connectivity index (χ2n) is 9.19. The molecular weight excluding hydrogens is 480 g/mol. The van der Waals surface area contributed by atoms with Crippen LogP contribution in [-0.2, 0) is 10.0 Å². The number of likely N-dealkylation sites (N-methyl/N-ethyl adjacent to an activating group) is 1. The Morgan fingerprint density at radius 3 is 2.31 bits per heavy atom. The Morgan fingerprint density at radius 2 is 1.71 bits per heavy atom. The Morgan fingerprint density at radius 1 is 1.06 bits per heavy atom. The number of aromatic nitrogens is 1. The van der Waals surface area contributed by atoms with Gasteiger partial charge in [-0.2, -0.15) is 4.31 Å². The predicted octanol–water partition coefficient (Wildman–Crippen LogP) is 4.68. The van der Waals surface area contributed by atoms with Gasteiger partial charge in [0.25, 0.3) is 5.91 Å². The van der Waals surface area contributed by atoms with Crippen molar-refractivity contribution in [2.75, 3.05) is 38.1 Å². The fourth-order valence-corrected chi connectivity index (χ4v) is 6.85. The molecule has 9 heteroatoms. The third-order valence-electron chi connectivity index (χ3n) is 6.67. The van der Waals surface area contributed by atoms with Crippen molar-refractivity contribution in [3.05, 3.63) is 53.1 Å². The van der Waals surface area contributed by atoms with Crippen LogP contribution in [0.5, 0.6) is 0 Å². The summed E-state index contributed by atoms with van der Waals surface area (Å²) in [4.78, 5) is 22.7. The van der Waals surface area contributed by atoms with Crippen LogP contribution in [0.1, 0.15) is 48.2 Å². The molecule has 188 valence electrons. The van der Waals surface area contributed by atoms with Gasteiger partial charge in [-0.1, -0.05) is 31.3 Å². The summed E-state index contributed by atoms with van der Waals surface area (Å²) in [5.74, 6) is -0.176. The average Bonchev–Trinajstić information content (AvgIpc) is 3.60. The summed E-state index contributed by atoms with van der Waals surface area (Å²) in [6.07, 6.45) is 1.80. The Hall–Kier alpha value is -2.33. The molecule has 1 amide bonds. The lowest BCUT2D eigenvalue weighted by Gasteiger charge is -2.25. The fourth-order valence-electron chi connectivity index (χ4n) is 4.27. The summed E-state index contributed by atoms with van der Waals surface area (Å²) < 4.78 is 28.2. The van der Waals surface area contributed by atoms with E-state index in [0.717, 1.165) is 48.3 Å². The van der Waals surface area contributed by atoms with E-state index in [1.807, 2.05) is 6.92 Å². The molecule has 1 aliphatic rings. The highest BCUT2D eigenvalue weighted by atomic mass is 32.2. The maximum Gasteiger partial charge on any atom is 0.260 e. The van der Waals surface area contributed by atoms with Crippen LogP contribution in [-0.4, -0.2) is 67.8 Å².